The van der Waals surface area contributed by atoms with Gasteiger partial charge in [-0.05, 0) is 12.1 Å². The van der Waals surface area contributed by atoms with Gasteiger partial charge in [0, 0.05) is 11.6 Å². The number of esters is 1. The van der Waals surface area contributed by atoms with Gasteiger partial charge in [0.15, 0.2) is 0 Å². The van der Waals surface area contributed by atoms with Crippen molar-refractivity contribution in [3.63, 3.8) is 0 Å². The Morgan fingerprint density at radius 3 is 2.67 bits per heavy atom. The summed E-state index contributed by atoms with van der Waals surface area (Å²) in [7, 11) is 1.21. The predicted molar refractivity (Wildman–Crippen MR) is 51.4 cm³/mol. The van der Waals surface area contributed by atoms with E-state index in [0.717, 1.165) is 6.07 Å². The van der Waals surface area contributed by atoms with Crippen molar-refractivity contribution in [2.24, 2.45) is 0 Å². The Hall–Kier alpha value is -1.75. The van der Waals surface area contributed by atoms with Crippen LogP contribution in [0.15, 0.2) is 18.2 Å². The highest BCUT2D eigenvalue weighted by atomic mass is 16.5. The molecule has 0 saturated carbocycles. The second-order valence-electron chi connectivity index (χ2n) is 3.04. The third kappa shape index (κ3) is 2.85. The molecule has 0 aliphatic heterocycles. The van der Waals surface area contributed by atoms with Gasteiger partial charge in [0.1, 0.15) is 11.5 Å². The van der Waals surface area contributed by atoms with Gasteiger partial charge in [-0.15, -0.1) is 0 Å². The maximum Gasteiger partial charge on any atom is 0.308 e. The van der Waals surface area contributed by atoms with Gasteiger partial charge in [-0.2, -0.15) is 0 Å². The number of aromatic hydroxyl groups is 2. The van der Waals surface area contributed by atoms with Crippen LogP contribution in [0.4, 0.5) is 0 Å². The lowest BCUT2D eigenvalue weighted by Crippen LogP contribution is -2.08. The zero-order chi connectivity index (χ0) is 11.4. The van der Waals surface area contributed by atoms with Gasteiger partial charge in [-0.1, -0.05) is 0 Å². The lowest BCUT2D eigenvalue weighted by molar-refractivity contribution is -0.142. The van der Waals surface area contributed by atoms with E-state index in [4.69, 9.17) is 5.11 Å². The molecule has 5 heteroatoms. The molecule has 0 radical (unpaired) electrons. The lowest BCUT2D eigenvalue weighted by Gasteiger charge is -2.11. The van der Waals surface area contributed by atoms with Gasteiger partial charge >= 0.3 is 5.97 Å². The molecule has 0 saturated heterocycles. The number of carbonyl (C=O) groups is 1. The Kier molecular flexibility index (Phi) is 3.51. The van der Waals surface area contributed by atoms with E-state index in [9.17, 15) is 15.0 Å². The summed E-state index contributed by atoms with van der Waals surface area (Å²) in [6, 6.07) is 3.75. The van der Waals surface area contributed by atoms with Crippen molar-refractivity contribution < 1.29 is 24.9 Å². The summed E-state index contributed by atoms with van der Waals surface area (Å²) in [4.78, 5) is 10.9. The molecule has 1 rings (SSSR count). The van der Waals surface area contributed by atoms with Gasteiger partial charge in [-0.25, -0.2) is 0 Å². The number of aliphatic hydroxyl groups is 1. The first kappa shape index (κ1) is 11.3. The number of ether oxygens (including phenoxy) is 1. The summed E-state index contributed by atoms with van der Waals surface area (Å²) < 4.78 is 4.38. The summed E-state index contributed by atoms with van der Waals surface area (Å²) >= 11 is 0. The van der Waals surface area contributed by atoms with Gasteiger partial charge < -0.3 is 20.1 Å². The second-order valence-corrected chi connectivity index (χ2v) is 3.04. The lowest BCUT2D eigenvalue weighted by atomic mass is 10.1. The molecule has 0 aliphatic rings. The van der Waals surface area contributed by atoms with E-state index in [2.05, 4.69) is 4.74 Å². The molecule has 0 heterocycles. The van der Waals surface area contributed by atoms with E-state index < -0.39 is 12.1 Å². The Morgan fingerprint density at radius 1 is 1.47 bits per heavy atom. The Labute approximate surface area is 86.5 Å². The van der Waals surface area contributed by atoms with Crippen LogP contribution in [-0.4, -0.2) is 28.4 Å². The summed E-state index contributed by atoms with van der Waals surface area (Å²) in [5.41, 5.74) is 0.179. The normalized spacial score (nSPS) is 12.1. The van der Waals surface area contributed by atoms with Crippen molar-refractivity contribution in [3.05, 3.63) is 23.8 Å². The minimum Gasteiger partial charge on any atom is -0.508 e. The van der Waals surface area contributed by atoms with Crippen LogP contribution >= 0.6 is 0 Å². The van der Waals surface area contributed by atoms with E-state index >= 15 is 0 Å². The van der Waals surface area contributed by atoms with Gasteiger partial charge in [0.05, 0.1) is 19.6 Å². The maximum absolute atomic E-state index is 10.9. The smallest absolute Gasteiger partial charge is 0.308 e. The summed E-state index contributed by atoms with van der Waals surface area (Å²) in [6.45, 7) is 0. The Bertz CT molecular complexity index is 361. The fourth-order valence-electron chi connectivity index (χ4n) is 1.17. The van der Waals surface area contributed by atoms with Gasteiger partial charge in [-0.3, -0.25) is 4.79 Å². The fourth-order valence-corrected chi connectivity index (χ4v) is 1.17. The molecule has 3 N–H and O–H groups in total. The van der Waals surface area contributed by atoms with E-state index in [-0.39, 0.29) is 23.5 Å². The van der Waals surface area contributed by atoms with Crippen LogP contribution in [0.2, 0.25) is 0 Å². The van der Waals surface area contributed by atoms with Gasteiger partial charge in [0.2, 0.25) is 0 Å². The van der Waals surface area contributed by atoms with Crippen molar-refractivity contribution in [3.8, 4) is 11.5 Å². The SMILES string of the molecule is COC(=O)C[C@H](O)c1ccc(O)cc1O. The van der Waals surface area contributed by atoms with Crippen molar-refractivity contribution in [1.82, 2.24) is 0 Å². The number of methoxy groups -OCH3 is 1. The van der Waals surface area contributed by atoms with E-state index in [1.807, 2.05) is 0 Å². The number of carbonyl (C=O) groups excluding carboxylic acids is 1. The largest absolute Gasteiger partial charge is 0.508 e. The zero-order valence-corrected chi connectivity index (χ0v) is 8.17. The third-order valence-corrected chi connectivity index (χ3v) is 1.96. The van der Waals surface area contributed by atoms with Crippen molar-refractivity contribution >= 4 is 5.97 Å². The summed E-state index contributed by atoms with van der Waals surface area (Å²) in [5.74, 6) is -0.942. The van der Waals surface area contributed by atoms with Crippen LogP contribution in [0.3, 0.4) is 0 Å². The molecule has 1 aromatic rings. The average Bonchev–Trinajstić information content (AvgIpc) is 2.17. The monoisotopic (exact) mass is 212 g/mol. The third-order valence-electron chi connectivity index (χ3n) is 1.96. The molecule has 0 aromatic heterocycles. The molecule has 5 nitrogen and oxygen atoms in total. The highest BCUT2D eigenvalue weighted by Gasteiger charge is 2.16. The molecule has 0 bridgehead atoms. The number of hydrogen-bond donors (Lipinski definition) is 3. The average molecular weight is 212 g/mol. The standard InChI is InChI=1S/C10H12O5/c1-15-10(14)5-9(13)7-3-2-6(11)4-8(7)12/h2-4,9,11-13H,5H2,1H3/t9-/m0/s1. The summed E-state index contributed by atoms with van der Waals surface area (Å²) in [6.07, 6.45) is -1.38. The number of benzene rings is 1. The van der Waals surface area contributed by atoms with Gasteiger partial charge in [0.25, 0.3) is 0 Å². The molecule has 82 valence electrons. The minimum atomic E-state index is -1.14. The first-order valence-corrected chi connectivity index (χ1v) is 4.31. The molecule has 15 heavy (non-hydrogen) atoms. The molecule has 0 fully saturated rings. The molecule has 0 spiro atoms. The molecule has 0 amide bonds. The topological polar surface area (TPSA) is 87.0 Å². The quantitative estimate of drug-likeness (QED) is 0.642. The van der Waals surface area contributed by atoms with Crippen molar-refractivity contribution in [2.45, 2.75) is 12.5 Å². The van der Waals surface area contributed by atoms with Crippen molar-refractivity contribution in [2.75, 3.05) is 7.11 Å². The first-order valence-electron chi connectivity index (χ1n) is 4.31. The van der Waals surface area contributed by atoms with Crippen LogP contribution < -0.4 is 0 Å². The van der Waals surface area contributed by atoms with Crippen LogP contribution in [0.5, 0.6) is 11.5 Å². The molecule has 1 aromatic carbocycles. The number of phenols is 2. The second kappa shape index (κ2) is 4.65. The molecule has 0 unspecified atom stereocenters. The predicted octanol–water partition coefficient (Wildman–Crippen LogP) is 0.694. The van der Waals surface area contributed by atoms with Crippen LogP contribution in [0.25, 0.3) is 0 Å². The highest BCUT2D eigenvalue weighted by molar-refractivity contribution is 5.70. The minimum absolute atomic E-state index is 0.110. The summed E-state index contributed by atoms with van der Waals surface area (Å²) in [5, 5.41) is 27.9. The molecule has 0 aliphatic carbocycles. The van der Waals surface area contributed by atoms with E-state index in [1.165, 1.54) is 19.2 Å². The Morgan fingerprint density at radius 2 is 2.13 bits per heavy atom. The van der Waals surface area contributed by atoms with Crippen LogP contribution in [0.1, 0.15) is 18.1 Å². The highest BCUT2D eigenvalue weighted by Crippen LogP contribution is 2.29. The molecular weight excluding hydrogens is 200 g/mol. The fraction of sp³-hybridized carbons (Fsp3) is 0.300. The number of phenolic OH excluding ortho intramolecular Hbond substituents is 2. The number of rotatable bonds is 3. The molecule has 1 atom stereocenters. The first-order chi connectivity index (χ1) is 7.04. The van der Waals surface area contributed by atoms with Crippen LogP contribution in [-0.2, 0) is 9.53 Å². The zero-order valence-electron chi connectivity index (χ0n) is 8.17. The number of aliphatic hydroxyl groups excluding tert-OH is 1. The maximum atomic E-state index is 10.9. The van der Waals surface area contributed by atoms with E-state index in [1.54, 1.807) is 0 Å². The van der Waals surface area contributed by atoms with Crippen molar-refractivity contribution in [1.29, 1.82) is 0 Å². The number of hydrogen-bond acceptors (Lipinski definition) is 5. The van der Waals surface area contributed by atoms with E-state index in [0.29, 0.717) is 0 Å². The van der Waals surface area contributed by atoms with Crippen LogP contribution in [0, 0.1) is 0 Å². The Balaban J connectivity index is 2.82. The molecular formula is C10H12O5.